The quantitative estimate of drug-likeness (QED) is 0.284. The number of carbonyl (C=O) groups is 1. The molecule has 0 saturated heterocycles. The first-order valence-electron chi connectivity index (χ1n) is 3.66. The highest BCUT2D eigenvalue weighted by atomic mass is 16.6. The summed E-state index contributed by atoms with van der Waals surface area (Å²) >= 11 is 0. The number of nitro groups is 1. The summed E-state index contributed by atoms with van der Waals surface area (Å²) in [5.74, 6) is -1.52. The lowest BCUT2D eigenvalue weighted by molar-refractivity contribution is -0.386. The van der Waals surface area contributed by atoms with E-state index in [1.54, 1.807) is 0 Å². The van der Waals surface area contributed by atoms with Crippen molar-refractivity contribution in [2.75, 3.05) is 7.11 Å². The molecule has 0 saturated carbocycles. The van der Waals surface area contributed by atoms with Crippen LogP contribution < -0.4 is 0 Å². The third-order valence-electron chi connectivity index (χ3n) is 1.42. The standard InChI is InChI=1S/C7H5NO5.CH4O/c9-3-4-1-5(8(12)13)7(11)6(10)2-4;1-2/h1-3,10-11H;2H,1H3. The molecule has 1 aromatic carbocycles. The normalized spacial score (nSPS) is 8.67. The molecule has 0 radical (unpaired) electrons. The molecule has 0 aliphatic heterocycles. The topological polar surface area (TPSA) is 121 Å². The van der Waals surface area contributed by atoms with E-state index in [0.29, 0.717) is 6.29 Å². The van der Waals surface area contributed by atoms with Gasteiger partial charge in [0, 0.05) is 18.7 Å². The number of nitro benzene ring substituents is 1. The molecule has 0 aliphatic carbocycles. The summed E-state index contributed by atoms with van der Waals surface area (Å²) in [6.45, 7) is 0. The Balaban J connectivity index is 0.000000921. The SMILES string of the molecule is CO.O=Cc1cc(O)c(O)c([N+](=O)[O-])c1. The number of aldehydes is 1. The Morgan fingerprint density at radius 2 is 1.87 bits per heavy atom. The van der Waals surface area contributed by atoms with Gasteiger partial charge >= 0.3 is 5.69 Å². The van der Waals surface area contributed by atoms with Crippen LogP contribution in [0.1, 0.15) is 10.4 Å². The van der Waals surface area contributed by atoms with Crippen molar-refractivity contribution >= 4 is 12.0 Å². The van der Waals surface area contributed by atoms with Crippen molar-refractivity contribution in [3.05, 3.63) is 27.8 Å². The number of aliphatic hydroxyl groups is 1. The monoisotopic (exact) mass is 215 g/mol. The smallest absolute Gasteiger partial charge is 0.315 e. The van der Waals surface area contributed by atoms with Gasteiger partial charge in [-0.1, -0.05) is 0 Å². The first-order chi connectivity index (χ1) is 7.06. The Hall–Kier alpha value is -2.15. The average molecular weight is 215 g/mol. The van der Waals surface area contributed by atoms with E-state index in [1.165, 1.54) is 0 Å². The minimum atomic E-state index is -0.887. The zero-order valence-electron chi connectivity index (χ0n) is 7.75. The predicted octanol–water partition coefficient (Wildman–Crippen LogP) is 0.427. The summed E-state index contributed by atoms with van der Waals surface area (Å²) in [4.78, 5) is 19.6. The van der Waals surface area contributed by atoms with Crippen molar-refractivity contribution in [3.63, 3.8) is 0 Å². The molecule has 0 aliphatic rings. The molecule has 0 amide bonds. The van der Waals surface area contributed by atoms with Crippen LogP contribution in [0.2, 0.25) is 0 Å². The van der Waals surface area contributed by atoms with E-state index in [4.69, 9.17) is 15.3 Å². The minimum absolute atomic E-state index is 0.0676. The van der Waals surface area contributed by atoms with Crippen LogP contribution in [0.4, 0.5) is 5.69 Å². The van der Waals surface area contributed by atoms with Crippen LogP contribution in [0.15, 0.2) is 12.1 Å². The Morgan fingerprint density at radius 3 is 2.27 bits per heavy atom. The third kappa shape index (κ3) is 2.92. The van der Waals surface area contributed by atoms with Crippen molar-refractivity contribution in [1.29, 1.82) is 0 Å². The van der Waals surface area contributed by atoms with Crippen molar-refractivity contribution < 1.29 is 25.0 Å². The van der Waals surface area contributed by atoms with Crippen LogP contribution >= 0.6 is 0 Å². The number of aromatic hydroxyl groups is 2. The highest BCUT2D eigenvalue weighted by Crippen LogP contribution is 2.35. The molecule has 0 unspecified atom stereocenters. The second-order valence-corrected chi connectivity index (χ2v) is 2.28. The van der Waals surface area contributed by atoms with Gasteiger partial charge < -0.3 is 15.3 Å². The molecule has 3 N–H and O–H groups in total. The Morgan fingerprint density at radius 1 is 1.33 bits per heavy atom. The van der Waals surface area contributed by atoms with E-state index in [9.17, 15) is 14.9 Å². The average Bonchev–Trinajstić information content (AvgIpc) is 2.24. The van der Waals surface area contributed by atoms with Crippen molar-refractivity contribution in [3.8, 4) is 11.5 Å². The molecular weight excluding hydrogens is 206 g/mol. The van der Waals surface area contributed by atoms with Gasteiger partial charge in [0.1, 0.15) is 6.29 Å². The maximum absolute atomic E-state index is 10.3. The van der Waals surface area contributed by atoms with Gasteiger partial charge in [0.15, 0.2) is 5.75 Å². The number of nitrogens with zero attached hydrogens (tertiary/aromatic N) is 1. The van der Waals surface area contributed by atoms with Crippen LogP contribution in [-0.2, 0) is 0 Å². The lowest BCUT2D eigenvalue weighted by Gasteiger charge is -1.99. The largest absolute Gasteiger partial charge is 0.504 e. The van der Waals surface area contributed by atoms with Gasteiger partial charge in [-0.05, 0) is 6.07 Å². The van der Waals surface area contributed by atoms with Crippen molar-refractivity contribution in [2.45, 2.75) is 0 Å². The molecular formula is C8H9NO6. The fraction of sp³-hybridized carbons (Fsp3) is 0.125. The van der Waals surface area contributed by atoms with E-state index in [0.717, 1.165) is 19.2 Å². The van der Waals surface area contributed by atoms with Crippen LogP contribution in [0.3, 0.4) is 0 Å². The predicted molar refractivity (Wildman–Crippen MR) is 50.0 cm³/mol. The highest BCUT2D eigenvalue weighted by molar-refractivity contribution is 5.79. The lowest BCUT2D eigenvalue weighted by Crippen LogP contribution is -1.91. The van der Waals surface area contributed by atoms with E-state index in [1.807, 2.05) is 0 Å². The summed E-state index contributed by atoms with van der Waals surface area (Å²) < 4.78 is 0. The molecule has 7 heteroatoms. The maximum Gasteiger partial charge on any atom is 0.315 e. The Labute approximate surface area is 84.4 Å². The van der Waals surface area contributed by atoms with Gasteiger partial charge in [0.25, 0.3) is 0 Å². The molecule has 0 bridgehead atoms. The number of phenolic OH excluding ortho intramolecular Hbond substituents is 2. The molecule has 1 aromatic rings. The Bertz CT molecular complexity index is 376. The molecule has 0 fully saturated rings. The van der Waals surface area contributed by atoms with E-state index < -0.39 is 22.1 Å². The van der Waals surface area contributed by atoms with Gasteiger partial charge in [0.05, 0.1) is 4.92 Å². The van der Waals surface area contributed by atoms with Crippen molar-refractivity contribution in [1.82, 2.24) is 0 Å². The summed E-state index contributed by atoms with van der Waals surface area (Å²) in [5, 5.41) is 35.2. The number of benzene rings is 1. The van der Waals surface area contributed by atoms with Gasteiger partial charge in [-0.15, -0.1) is 0 Å². The third-order valence-corrected chi connectivity index (χ3v) is 1.42. The summed E-state index contributed by atoms with van der Waals surface area (Å²) in [6, 6.07) is 1.82. The first-order valence-corrected chi connectivity index (χ1v) is 3.66. The van der Waals surface area contributed by atoms with Gasteiger partial charge in [0.2, 0.25) is 5.75 Å². The van der Waals surface area contributed by atoms with Crippen LogP contribution in [0.25, 0.3) is 0 Å². The fourth-order valence-electron chi connectivity index (χ4n) is 0.833. The van der Waals surface area contributed by atoms with Gasteiger partial charge in [-0.2, -0.15) is 0 Å². The number of hydrogen-bond donors (Lipinski definition) is 3. The number of hydrogen-bond acceptors (Lipinski definition) is 6. The molecule has 0 spiro atoms. The van der Waals surface area contributed by atoms with Crippen LogP contribution in [-0.4, -0.2) is 33.6 Å². The van der Waals surface area contributed by atoms with Gasteiger partial charge in [-0.3, -0.25) is 14.9 Å². The second kappa shape index (κ2) is 5.55. The highest BCUT2D eigenvalue weighted by Gasteiger charge is 2.18. The fourth-order valence-corrected chi connectivity index (χ4v) is 0.833. The summed E-state index contributed by atoms with van der Waals surface area (Å²) in [5.41, 5.74) is -0.760. The molecule has 0 heterocycles. The molecule has 0 aromatic heterocycles. The number of carbonyl (C=O) groups excluding carboxylic acids is 1. The van der Waals surface area contributed by atoms with E-state index in [2.05, 4.69) is 0 Å². The molecule has 15 heavy (non-hydrogen) atoms. The second-order valence-electron chi connectivity index (χ2n) is 2.28. The van der Waals surface area contributed by atoms with Gasteiger partial charge in [-0.25, -0.2) is 0 Å². The zero-order chi connectivity index (χ0) is 12.0. The lowest BCUT2D eigenvalue weighted by atomic mass is 10.2. The summed E-state index contributed by atoms with van der Waals surface area (Å²) in [6.07, 6.45) is 0.339. The summed E-state index contributed by atoms with van der Waals surface area (Å²) in [7, 11) is 1.00. The minimum Gasteiger partial charge on any atom is -0.504 e. The van der Waals surface area contributed by atoms with Crippen LogP contribution in [0.5, 0.6) is 11.5 Å². The number of phenols is 2. The van der Waals surface area contributed by atoms with Crippen molar-refractivity contribution in [2.24, 2.45) is 0 Å². The number of rotatable bonds is 2. The molecule has 0 atom stereocenters. The van der Waals surface area contributed by atoms with E-state index in [-0.39, 0.29) is 5.56 Å². The number of aliphatic hydroxyl groups excluding tert-OH is 1. The molecule has 1 rings (SSSR count). The zero-order valence-corrected chi connectivity index (χ0v) is 7.75. The maximum atomic E-state index is 10.3. The van der Waals surface area contributed by atoms with E-state index >= 15 is 0 Å². The molecule has 7 nitrogen and oxygen atoms in total. The molecule has 82 valence electrons. The Kier molecular flexibility index (Phi) is 4.76. The van der Waals surface area contributed by atoms with Crippen LogP contribution in [0, 0.1) is 10.1 Å². The first kappa shape index (κ1) is 12.8.